The topological polar surface area (TPSA) is 39.7 Å². The van der Waals surface area contributed by atoms with Crippen LogP contribution in [-0.2, 0) is 4.79 Å². The Hall–Kier alpha value is -2.14. The smallest absolute Gasteiger partial charge is 0.236 e. The molecule has 4 rings (SSSR count). The van der Waals surface area contributed by atoms with Gasteiger partial charge in [-0.25, -0.2) is 0 Å². The molecule has 1 amide bonds. The lowest BCUT2D eigenvalue weighted by molar-refractivity contribution is -0.132. The zero-order valence-electron chi connectivity index (χ0n) is 15.8. The third kappa shape index (κ3) is 3.28. The molecule has 2 fully saturated rings. The number of hydrogen-bond acceptors (Lipinski definition) is 4. The minimum Gasteiger partial charge on any atom is -0.369 e. The van der Waals surface area contributed by atoms with Crippen molar-refractivity contribution in [2.45, 2.75) is 38.3 Å². The fourth-order valence-electron chi connectivity index (χ4n) is 4.44. The lowest BCUT2D eigenvalue weighted by Gasteiger charge is -2.28. The summed E-state index contributed by atoms with van der Waals surface area (Å²) in [6, 6.07) is 9.23. The zero-order valence-corrected chi connectivity index (χ0v) is 15.8. The molecule has 1 aromatic carbocycles. The standard InChI is InChI=1S/C21H28N4O/c1-16-6-5-10-25(16)21(26)15-24-11-9-18(14-24)23(2)20-13-22-12-17-7-3-4-8-19(17)20/h3-4,7-8,12-13,16,18H,5-6,9-11,14-15H2,1-2H3/t16-,18+/m1/s1. The second-order valence-corrected chi connectivity index (χ2v) is 7.75. The summed E-state index contributed by atoms with van der Waals surface area (Å²) in [7, 11) is 2.15. The summed E-state index contributed by atoms with van der Waals surface area (Å²) in [5.41, 5.74) is 1.18. The lowest BCUT2D eigenvalue weighted by atomic mass is 10.1. The minimum absolute atomic E-state index is 0.296. The number of nitrogens with zero attached hydrogens (tertiary/aromatic N) is 4. The first-order valence-electron chi connectivity index (χ1n) is 9.71. The van der Waals surface area contributed by atoms with E-state index in [0.29, 0.717) is 24.5 Å². The van der Waals surface area contributed by atoms with Crippen LogP contribution in [-0.4, -0.2) is 66.0 Å². The number of fused-ring (bicyclic) bond motifs is 1. The van der Waals surface area contributed by atoms with Crippen molar-refractivity contribution in [3.05, 3.63) is 36.7 Å². The molecule has 0 saturated carbocycles. The van der Waals surface area contributed by atoms with Gasteiger partial charge in [0.2, 0.25) is 5.91 Å². The van der Waals surface area contributed by atoms with Crippen molar-refractivity contribution >= 4 is 22.4 Å². The van der Waals surface area contributed by atoms with E-state index in [-0.39, 0.29) is 0 Å². The Bertz CT molecular complexity index is 787. The fraction of sp³-hybridized carbons (Fsp3) is 0.524. The Morgan fingerprint density at radius 3 is 2.88 bits per heavy atom. The molecule has 5 heteroatoms. The maximum Gasteiger partial charge on any atom is 0.236 e. The van der Waals surface area contributed by atoms with E-state index < -0.39 is 0 Å². The molecule has 0 radical (unpaired) electrons. The molecule has 5 nitrogen and oxygen atoms in total. The number of carbonyl (C=O) groups excluding carboxylic acids is 1. The van der Waals surface area contributed by atoms with E-state index in [1.165, 1.54) is 16.5 Å². The van der Waals surface area contributed by atoms with Crippen molar-refractivity contribution in [2.24, 2.45) is 0 Å². The lowest BCUT2D eigenvalue weighted by Crippen LogP contribution is -2.42. The Morgan fingerprint density at radius 2 is 2.08 bits per heavy atom. The number of carbonyl (C=O) groups is 1. The summed E-state index contributed by atoms with van der Waals surface area (Å²) in [5, 5.41) is 2.41. The monoisotopic (exact) mass is 352 g/mol. The molecule has 2 saturated heterocycles. The number of likely N-dealkylation sites (N-methyl/N-ethyl adjacent to an activating group) is 1. The molecule has 2 aliphatic heterocycles. The Morgan fingerprint density at radius 1 is 1.23 bits per heavy atom. The van der Waals surface area contributed by atoms with Crippen LogP contribution >= 0.6 is 0 Å². The average molecular weight is 352 g/mol. The summed E-state index contributed by atoms with van der Waals surface area (Å²) < 4.78 is 0. The zero-order chi connectivity index (χ0) is 18.1. The van der Waals surface area contributed by atoms with E-state index in [1.54, 1.807) is 0 Å². The van der Waals surface area contributed by atoms with Crippen molar-refractivity contribution in [3.8, 4) is 0 Å². The molecule has 0 bridgehead atoms. The number of anilines is 1. The molecule has 0 unspecified atom stereocenters. The Labute approximate surface area is 155 Å². The number of pyridine rings is 1. The van der Waals surface area contributed by atoms with Gasteiger partial charge >= 0.3 is 0 Å². The maximum atomic E-state index is 12.6. The van der Waals surface area contributed by atoms with Crippen LogP contribution in [0, 0.1) is 0 Å². The van der Waals surface area contributed by atoms with Crippen LogP contribution in [0.1, 0.15) is 26.2 Å². The van der Waals surface area contributed by atoms with Crippen LogP contribution in [0.4, 0.5) is 5.69 Å². The molecule has 1 aromatic heterocycles. The predicted octanol–water partition coefficient (Wildman–Crippen LogP) is 2.76. The van der Waals surface area contributed by atoms with Gasteiger partial charge in [0.15, 0.2) is 0 Å². The van der Waals surface area contributed by atoms with Crippen molar-refractivity contribution in [2.75, 3.05) is 38.1 Å². The van der Waals surface area contributed by atoms with Crippen LogP contribution in [0.2, 0.25) is 0 Å². The number of rotatable bonds is 4. The molecule has 3 heterocycles. The molecule has 0 aliphatic carbocycles. The van der Waals surface area contributed by atoms with Crippen LogP contribution in [0.15, 0.2) is 36.7 Å². The fourth-order valence-corrected chi connectivity index (χ4v) is 4.44. The molecule has 138 valence electrons. The van der Waals surface area contributed by atoms with Crippen LogP contribution in [0.3, 0.4) is 0 Å². The van der Waals surface area contributed by atoms with E-state index in [9.17, 15) is 4.79 Å². The summed E-state index contributed by atoms with van der Waals surface area (Å²) in [6.07, 6.45) is 7.26. The van der Waals surface area contributed by atoms with Gasteiger partial charge in [-0.15, -0.1) is 0 Å². The highest BCUT2D eigenvalue weighted by Crippen LogP contribution is 2.28. The van der Waals surface area contributed by atoms with E-state index in [2.05, 4.69) is 57.9 Å². The normalized spacial score (nSPS) is 23.7. The average Bonchev–Trinajstić information content (AvgIpc) is 3.29. The SMILES string of the molecule is C[C@@H]1CCCN1C(=O)CN1CC[C@H](N(C)c2cncc3ccccc23)C1. The maximum absolute atomic E-state index is 12.6. The quantitative estimate of drug-likeness (QED) is 0.848. The first-order valence-corrected chi connectivity index (χ1v) is 9.71. The highest BCUT2D eigenvalue weighted by atomic mass is 16.2. The number of aromatic nitrogens is 1. The highest BCUT2D eigenvalue weighted by Gasteiger charge is 2.31. The number of likely N-dealkylation sites (tertiary alicyclic amines) is 2. The van der Waals surface area contributed by atoms with Crippen molar-refractivity contribution in [1.82, 2.24) is 14.8 Å². The van der Waals surface area contributed by atoms with E-state index in [0.717, 1.165) is 38.9 Å². The van der Waals surface area contributed by atoms with E-state index >= 15 is 0 Å². The van der Waals surface area contributed by atoms with Crippen LogP contribution in [0.5, 0.6) is 0 Å². The molecule has 0 N–H and O–H groups in total. The van der Waals surface area contributed by atoms with Gasteiger partial charge in [0.05, 0.1) is 18.4 Å². The molecular weight excluding hydrogens is 324 g/mol. The van der Waals surface area contributed by atoms with E-state index in [1.807, 2.05) is 12.4 Å². The third-order valence-corrected chi connectivity index (χ3v) is 6.05. The van der Waals surface area contributed by atoms with Crippen LogP contribution in [0.25, 0.3) is 10.8 Å². The summed E-state index contributed by atoms with van der Waals surface area (Å²) in [4.78, 5) is 23.7. The number of hydrogen-bond donors (Lipinski definition) is 0. The minimum atomic E-state index is 0.296. The molecule has 2 aromatic rings. The molecule has 2 atom stereocenters. The van der Waals surface area contributed by atoms with Crippen molar-refractivity contribution in [3.63, 3.8) is 0 Å². The number of benzene rings is 1. The first kappa shape index (κ1) is 17.3. The van der Waals surface area contributed by atoms with Crippen molar-refractivity contribution < 1.29 is 4.79 Å². The van der Waals surface area contributed by atoms with Gasteiger partial charge in [-0.2, -0.15) is 0 Å². The summed E-state index contributed by atoms with van der Waals surface area (Å²) in [5.74, 6) is 0.296. The summed E-state index contributed by atoms with van der Waals surface area (Å²) >= 11 is 0. The predicted molar refractivity (Wildman–Crippen MR) is 105 cm³/mol. The Balaban J connectivity index is 1.42. The van der Waals surface area contributed by atoms with Gasteiger partial charge in [-0.3, -0.25) is 14.7 Å². The van der Waals surface area contributed by atoms with Crippen molar-refractivity contribution in [1.29, 1.82) is 0 Å². The van der Waals surface area contributed by atoms with Gasteiger partial charge in [0.1, 0.15) is 0 Å². The van der Waals surface area contributed by atoms with Gasteiger partial charge < -0.3 is 9.80 Å². The van der Waals surface area contributed by atoms with E-state index in [4.69, 9.17) is 0 Å². The molecule has 2 aliphatic rings. The highest BCUT2D eigenvalue weighted by molar-refractivity contribution is 5.93. The molecule has 26 heavy (non-hydrogen) atoms. The summed E-state index contributed by atoms with van der Waals surface area (Å²) in [6.45, 7) is 5.58. The second kappa shape index (κ2) is 7.23. The second-order valence-electron chi connectivity index (χ2n) is 7.75. The third-order valence-electron chi connectivity index (χ3n) is 6.05. The largest absolute Gasteiger partial charge is 0.369 e. The van der Waals surface area contributed by atoms with Gasteiger partial charge in [0.25, 0.3) is 0 Å². The van der Waals surface area contributed by atoms with Gasteiger partial charge in [-0.1, -0.05) is 24.3 Å². The number of amides is 1. The van der Waals surface area contributed by atoms with Crippen LogP contribution < -0.4 is 4.90 Å². The first-order chi connectivity index (χ1) is 12.6. The Kier molecular flexibility index (Phi) is 4.81. The molecule has 0 spiro atoms. The van der Waals surface area contributed by atoms with Gasteiger partial charge in [0, 0.05) is 55.7 Å². The molecular formula is C21H28N4O. The van der Waals surface area contributed by atoms with Gasteiger partial charge in [-0.05, 0) is 26.2 Å².